The maximum atomic E-state index is 11.6. The number of H-pyrrole nitrogens is 1. The SMILES string of the molecule is Cc1cc2c(=O)[nH]c(SCCN)nc2s1. The van der Waals surface area contributed by atoms with Gasteiger partial charge in [-0.1, -0.05) is 11.8 Å². The number of nitrogens with zero attached hydrogens (tertiary/aromatic N) is 1. The summed E-state index contributed by atoms with van der Waals surface area (Å²) in [5.74, 6) is 0.763. The van der Waals surface area contributed by atoms with Gasteiger partial charge in [0.15, 0.2) is 5.16 Å². The molecule has 0 aliphatic rings. The van der Waals surface area contributed by atoms with Gasteiger partial charge in [0.05, 0.1) is 5.39 Å². The van der Waals surface area contributed by atoms with Crippen LogP contribution in [0, 0.1) is 6.92 Å². The molecule has 3 N–H and O–H groups in total. The molecule has 0 bridgehead atoms. The topological polar surface area (TPSA) is 71.8 Å². The normalized spacial score (nSPS) is 11.1. The Morgan fingerprint density at radius 3 is 3.20 bits per heavy atom. The van der Waals surface area contributed by atoms with Gasteiger partial charge in [-0.2, -0.15) is 0 Å². The lowest BCUT2D eigenvalue weighted by molar-refractivity contribution is 0.977. The van der Waals surface area contributed by atoms with Gasteiger partial charge in [0.1, 0.15) is 4.83 Å². The fourth-order valence-electron chi connectivity index (χ4n) is 1.26. The van der Waals surface area contributed by atoms with Crippen molar-refractivity contribution in [3.63, 3.8) is 0 Å². The predicted octanol–water partition coefficient (Wildman–Crippen LogP) is 1.34. The highest BCUT2D eigenvalue weighted by atomic mass is 32.2. The maximum Gasteiger partial charge on any atom is 0.260 e. The molecule has 0 radical (unpaired) electrons. The molecule has 0 aromatic carbocycles. The molecule has 15 heavy (non-hydrogen) atoms. The molecule has 4 nitrogen and oxygen atoms in total. The zero-order valence-corrected chi connectivity index (χ0v) is 9.87. The molecule has 6 heteroatoms. The van der Waals surface area contributed by atoms with Crippen molar-refractivity contribution < 1.29 is 0 Å². The first kappa shape index (κ1) is 10.7. The summed E-state index contributed by atoms with van der Waals surface area (Å²) >= 11 is 3.01. The average Bonchev–Trinajstić information content (AvgIpc) is 2.56. The number of thioether (sulfide) groups is 1. The molecule has 0 aliphatic carbocycles. The van der Waals surface area contributed by atoms with Gasteiger partial charge in [0, 0.05) is 17.2 Å². The van der Waals surface area contributed by atoms with Crippen molar-refractivity contribution in [2.45, 2.75) is 12.1 Å². The Balaban J connectivity index is 2.47. The lowest BCUT2D eigenvalue weighted by Crippen LogP contribution is -2.09. The van der Waals surface area contributed by atoms with E-state index in [2.05, 4.69) is 9.97 Å². The first-order chi connectivity index (χ1) is 7.20. The van der Waals surface area contributed by atoms with Crippen LogP contribution in [0.1, 0.15) is 4.88 Å². The Labute approximate surface area is 94.9 Å². The predicted molar refractivity (Wildman–Crippen MR) is 64.8 cm³/mol. The van der Waals surface area contributed by atoms with Gasteiger partial charge in [-0.25, -0.2) is 4.98 Å². The lowest BCUT2D eigenvalue weighted by Gasteiger charge is -1.97. The number of nitrogens with one attached hydrogen (secondary N) is 1. The second-order valence-corrected chi connectivity index (χ2v) is 5.40. The van der Waals surface area contributed by atoms with Crippen LogP contribution >= 0.6 is 23.1 Å². The summed E-state index contributed by atoms with van der Waals surface area (Å²) in [4.78, 5) is 20.7. The van der Waals surface area contributed by atoms with Crippen molar-refractivity contribution in [1.29, 1.82) is 0 Å². The summed E-state index contributed by atoms with van der Waals surface area (Å²) in [5, 5.41) is 1.33. The van der Waals surface area contributed by atoms with E-state index in [4.69, 9.17) is 5.73 Å². The number of rotatable bonds is 3. The molecule has 0 saturated heterocycles. The molecule has 2 rings (SSSR count). The number of nitrogens with two attached hydrogens (primary N) is 1. The first-order valence-electron chi connectivity index (χ1n) is 4.54. The van der Waals surface area contributed by atoms with E-state index in [1.54, 1.807) is 0 Å². The van der Waals surface area contributed by atoms with Crippen LogP contribution in [0.3, 0.4) is 0 Å². The van der Waals surface area contributed by atoms with Crippen molar-refractivity contribution in [3.05, 3.63) is 21.3 Å². The summed E-state index contributed by atoms with van der Waals surface area (Å²) in [6.07, 6.45) is 0. The minimum absolute atomic E-state index is 0.0659. The van der Waals surface area contributed by atoms with Crippen LogP contribution < -0.4 is 11.3 Å². The van der Waals surface area contributed by atoms with Gasteiger partial charge in [-0.3, -0.25) is 4.79 Å². The Hall–Kier alpha value is -0.850. The van der Waals surface area contributed by atoms with Crippen LogP contribution in [-0.4, -0.2) is 22.3 Å². The standard InChI is InChI=1S/C9H11N3OS2/c1-5-4-6-7(13)11-9(14-3-2-10)12-8(6)15-5/h4H,2-3,10H2,1H3,(H,11,12,13). The molecular formula is C9H11N3OS2. The molecule has 0 saturated carbocycles. The van der Waals surface area contributed by atoms with Gasteiger partial charge >= 0.3 is 0 Å². The Bertz CT molecular complexity index is 532. The summed E-state index contributed by atoms with van der Waals surface area (Å²) in [5.41, 5.74) is 5.33. The second kappa shape index (κ2) is 4.34. The first-order valence-corrected chi connectivity index (χ1v) is 6.34. The molecule has 2 aromatic heterocycles. The number of hydrogen-bond donors (Lipinski definition) is 2. The van der Waals surface area contributed by atoms with Crippen LogP contribution in [0.25, 0.3) is 10.2 Å². The zero-order chi connectivity index (χ0) is 10.8. The van der Waals surface area contributed by atoms with Crippen LogP contribution in [0.15, 0.2) is 16.0 Å². The van der Waals surface area contributed by atoms with Crippen LogP contribution in [0.5, 0.6) is 0 Å². The molecule has 80 valence electrons. The number of aromatic nitrogens is 2. The quantitative estimate of drug-likeness (QED) is 0.628. The monoisotopic (exact) mass is 241 g/mol. The molecule has 2 aromatic rings. The van der Waals surface area contributed by atoms with E-state index in [9.17, 15) is 4.79 Å². The summed E-state index contributed by atoms with van der Waals surface area (Å²) < 4.78 is 0. The highest BCUT2D eigenvalue weighted by Gasteiger charge is 2.06. The third-order valence-corrected chi connectivity index (χ3v) is 3.71. The molecule has 0 aliphatic heterocycles. The highest BCUT2D eigenvalue weighted by Crippen LogP contribution is 2.22. The minimum Gasteiger partial charge on any atom is -0.330 e. The van der Waals surface area contributed by atoms with Gasteiger partial charge < -0.3 is 10.7 Å². The fraction of sp³-hybridized carbons (Fsp3) is 0.333. The van der Waals surface area contributed by atoms with E-state index < -0.39 is 0 Å². The van der Waals surface area contributed by atoms with E-state index in [0.29, 0.717) is 17.1 Å². The van der Waals surface area contributed by atoms with Crippen molar-refractivity contribution in [2.24, 2.45) is 5.73 Å². The summed E-state index contributed by atoms with van der Waals surface area (Å²) in [6.45, 7) is 2.55. The van der Waals surface area contributed by atoms with E-state index in [1.165, 1.54) is 23.1 Å². The van der Waals surface area contributed by atoms with Crippen LogP contribution in [0.4, 0.5) is 0 Å². The second-order valence-electron chi connectivity index (χ2n) is 3.08. The number of aryl methyl sites for hydroxylation is 1. The van der Waals surface area contributed by atoms with Crippen molar-refractivity contribution in [2.75, 3.05) is 12.3 Å². The van der Waals surface area contributed by atoms with E-state index >= 15 is 0 Å². The summed E-state index contributed by atoms with van der Waals surface area (Å²) in [6, 6.07) is 1.86. The number of aromatic amines is 1. The van der Waals surface area contributed by atoms with Crippen molar-refractivity contribution in [1.82, 2.24) is 9.97 Å². The Morgan fingerprint density at radius 2 is 2.47 bits per heavy atom. The largest absolute Gasteiger partial charge is 0.330 e. The highest BCUT2D eigenvalue weighted by molar-refractivity contribution is 7.99. The molecule has 0 amide bonds. The van der Waals surface area contributed by atoms with Crippen LogP contribution in [-0.2, 0) is 0 Å². The minimum atomic E-state index is -0.0659. The van der Waals surface area contributed by atoms with Gasteiger partial charge in [-0.05, 0) is 13.0 Å². The molecule has 0 fully saturated rings. The Morgan fingerprint density at radius 1 is 1.67 bits per heavy atom. The van der Waals surface area contributed by atoms with Crippen LogP contribution in [0.2, 0.25) is 0 Å². The van der Waals surface area contributed by atoms with Crippen molar-refractivity contribution >= 4 is 33.3 Å². The van der Waals surface area contributed by atoms with E-state index in [-0.39, 0.29) is 5.56 Å². The van der Waals surface area contributed by atoms with Gasteiger partial charge in [0.25, 0.3) is 5.56 Å². The van der Waals surface area contributed by atoms with Crippen molar-refractivity contribution in [3.8, 4) is 0 Å². The summed E-state index contributed by atoms with van der Waals surface area (Å²) in [7, 11) is 0. The molecular weight excluding hydrogens is 230 g/mol. The van der Waals surface area contributed by atoms with Gasteiger partial charge in [-0.15, -0.1) is 11.3 Å². The lowest BCUT2D eigenvalue weighted by atomic mass is 10.4. The third kappa shape index (κ3) is 2.22. The smallest absolute Gasteiger partial charge is 0.260 e. The molecule has 0 unspecified atom stereocenters. The number of hydrogen-bond acceptors (Lipinski definition) is 5. The Kier molecular flexibility index (Phi) is 3.08. The van der Waals surface area contributed by atoms with Gasteiger partial charge in [0.2, 0.25) is 0 Å². The van der Waals surface area contributed by atoms with E-state index in [1.807, 2.05) is 13.0 Å². The van der Waals surface area contributed by atoms with E-state index in [0.717, 1.165) is 15.5 Å². The average molecular weight is 241 g/mol. The molecule has 0 atom stereocenters. The number of fused-ring (bicyclic) bond motifs is 1. The maximum absolute atomic E-state index is 11.6. The molecule has 2 heterocycles. The molecule has 0 spiro atoms. The zero-order valence-electron chi connectivity index (χ0n) is 8.24. The third-order valence-electron chi connectivity index (χ3n) is 1.86. The number of thiophene rings is 1. The fourth-order valence-corrected chi connectivity index (χ4v) is 2.83.